The minimum Gasteiger partial charge on any atom is -0.351 e. The zero-order chi connectivity index (χ0) is 25.6. The lowest BCUT2D eigenvalue weighted by Gasteiger charge is -2.34. The highest BCUT2D eigenvalue weighted by molar-refractivity contribution is 6.18. The van der Waals surface area contributed by atoms with Gasteiger partial charge in [-0.2, -0.15) is 0 Å². The Morgan fingerprint density at radius 2 is 1.54 bits per heavy atom. The molecule has 188 valence electrons. The van der Waals surface area contributed by atoms with Crippen molar-refractivity contribution in [2.75, 3.05) is 0 Å². The highest BCUT2D eigenvalue weighted by Gasteiger charge is 2.39. The number of nitrogens with one attached hydrogen (secondary N) is 1. The molecule has 1 fully saturated rings. The highest BCUT2D eigenvalue weighted by atomic mass is 16.2. The Morgan fingerprint density at radius 3 is 2.24 bits per heavy atom. The molecule has 5 nitrogen and oxygen atoms in total. The van der Waals surface area contributed by atoms with E-state index in [1.807, 2.05) is 97.9 Å². The second-order valence-electron chi connectivity index (χ2n) is 9.69. The number of aliphatic imine (C=N–C) groups is 1. The Hall–Kier alpha value is -3.99. The van der Waals surface area contributed by atoms with E-state index in [1.54, 1.807) is 4.90 Å². The van der Waals surface area contributed by atoms with Crippen molar-refractivity contribution >= 4 is 29.3 Å². The summed E-state index contributed by atoms with van der Waals surface area (Å²) in [6.07, 6.45) is 7.63. The zero-order valence-electron chi connectivity index (χ0n) is 21.3. The number of benzene rings is 3. The van der Waals surface area contributed by atoms with E-state index in [4.69, 9.17) is 4.99 Å². The average molecular weight is 492 g/mol. The van der Waals surface area contributed by atoms with Gasteiger partial charge in [0.2, 0.25) is 11.8 Å². The molecular formula is C32H33N3O2. The van der Waals surface area contributed by atoms with Gasteiger partial charge in [-0.15, -0.1) is 0 Å². The van der Waals surface area contributed by atoms with Gasteiger partial charge in [-0.3, -0.25) is 14.5 Å². The summed E-state index contributed by atoms with van der Waals surface area (Å²) in [5.41, 5.74) is 4.57. The number of para-hydroxylation sites is 1. The lowest BCUT2D eigenvalue weighted by molar-refractivity contribution is -0.138. The largest absolute Gasteiger partial charge is 0.351 e. The molecule has 2 aliphatic rings. The SMILES string of the molecule is CCC(=O)N1/C(=C\c2ccccc2)C(c2ccccc2)=Nc2ccccc2C1C(=O)NC1CCCCC1. The first-order valence-corrected chi connectivity index (χ1v) is 13.3. The number of hydrogen-bond acceptors (Lipinski definition) is 3. The monoisotopic (exact) mass is 491 g/mol. The van der Waals surface area contributed by atoms with Crippen LogP contribution in [0.3, 0.4) is 0 Å². The van der Waals surface area contributed by atoms with Gasteiger partial charge in [0.15, 0.2) is 0 Å². The molecule has 0 aromatic heterocycles. The van der Waals surface area contributed by atoms with Gasteiger partial charge in [-0.25, -0.2) is 4.99 Å². The fraction of sp³-hybridized carbons (Fsp3) is 0.281. The van der Waals surface area contributed by atoms with E-state index in [2.05, 4.69) is 5.32 Å². The lowest BCUT2D eigenvalue weighted by atomic mass is 9.94. The first-order valence-electron chi connectivity index (χ1n) is 13.3. The maximum atomic E-state index is 14.1. The van der Waals surface area contributed by atoms with Crippen molar-refractivity contribution in [3.63, 3.8) is 0 Å². The summed E-state index contributed by atoms with van der Waals surface area (Å²) in [6.45, 7) is 1.84. The summed E-state index contributed by atoms with van der Waals surface area (Å²) in [5.74, 6) is -0.268. The molecule has 3 aromatic carbocycles. The fourth-order valence-corrected chi connectivity index (χ4v) is 5.28. The molecule has 1 aliphatic carbocycles. The number of fused-ring (bicyclic) bond motifs is 1. The van der Waals surface area contributed by atoms with Crippen molar-refractivity contribution in [3.05, 3.63) is 107 Å². The molecule has 1 atom stereocenters. The highest BCUT2D eigenvalue weighted by Crippen LogP contribution is 2.39. The van der Waals surface area contributed by atoms with Gasteiger partial charge < -0.3 is 5.32 Å². The van der Waals surface area contributed by atoms with Crippen LogP contribution in [0.2, 0.25) is 0 Å². The van der Waals surface area contributed by atoms with Gasteiger partial charge in [0.05, 0.1) is 17.1 Å². The Kier molecular flexibility index (Phi) is 7.59. The van der Waals surface area contributed by atoms with Crippen LogP contribution in [-0.2, 0) is 9.59 Å². The smallest absolute Gasteiger partial charge is 0.248 e. The van der Waals surface area contributed by atoms with Crippen LogP contribution < -0.4 is 5.32 Å². The second kappa shape index (κ2) is 11.4. The molecule has 1 saturated carbocycles. The molecule has 5 rings (SSSR count). The number of nitrogens with zero attached hydrogens (tertiary/aromatic N) is 2. The number of carbonyl (C=O) groups is 2. The van der Waals surface area contributed by atoms with Crippen LogP contribution in [0, 0.1) is 0 Å². The van der Waals surface area contributed by atoms with Crippen molar-refractivity contribution in [2.45, 2.75) is 57.5 Å². The third-order valence-corrected chi connectivity index (χ3v) is 7.15. The summed E-state index contributed by atoms with van der Waals surface area (Å²) >= 11 is 0. The predicted molar refractivity (Wildman–Crippen MR) is 148 cm³/mol. The van der Waals surface area contributed by atoms with Crippen molar-refractivity contribution in [1.82, 2.24) is 10.2 Å². The van der Waals surface area contributed by atoms with E-state index in [1.165, 1.54) is 6.42 Å². The van der Waals surface area contributed by atoms with Gasteiger partial charge in [0.25, 0.3) is 0 Å². The zero-order valence-corrected chi connectivity index (χ0v) is 21.3. The van der Waals surface area contributed by atoms with Crippen molar-refractivity contribution in [2.24, 2.45) is 4.99 Å². The van der Waals surface area contributed by atoms with Gasteiger partial charge in [-0.1, -0.05) is 105 Å². The predicted octanol–water partition coefficient (Wildman–Crippen LogP) is 6.59. The Labute approximate surface area is 218 Å². The molecular weight excluding hydrogens is 458 g/mol. The Bertz CT molecular complexity index is 1310. The van der Waals surface area contributed by atoms with Crippen LogP contribution in [0.25, 0.3) is 6.08 Å². The molecule has 0 saturated heterocycles. The third-order valence-electron chi connectivity index (χ3n) is 7.15. The van der Waals surface area contributed by atoms with Crippen LogP contribution in [0.4, 0.5) is 5.69 Å². The van der Waals surface area contributed by atoms with Gasteiger partial charge in [-0.05, 0) is 30.5 Å². The van der Waals surface area contributed by atoms with E-state index >= 15 is 0 Å². The molecule has 1 aliphatic heterocycles. The lowest BCUT2D eigenvalue weighted by Crippen LogP contribution is -2.47. The summed E-state index contributed by atoms with van der Waals surface area (Å²) in [4.78, 5) is 34.6. The maximum absolute atomic E-state index is 14.1. The molecule has 37 heavy (non-hydrogen) atoms. The molecule has 0 radical (unpaired) electrons. The first kappa shape index (κ1) is 24.7. The number of rotatable bonds is 5. The quantitative estimate of drug-likeness (QED) is 0.438. The minimum atomic E-state index is -0.814. The average Bonchev–Trinajstić information content (AvgIpc) is 3.09. The Morgan fingerprint density at radius 1 is 0.892 bits per heavy atom. The van der Waals surface area contributed by atoms with Crippen LogP contribution in [-0.4, -0.2) is 28.5 Å². The molecule has 0 spiro atoms. The van der Waals surface area contributed by atoms with Crippen molar-refractivity contribution < 1.29 is 9.59 Å². The first-order chi connectivity index (χ1) is 18.2. The number of amides is 2. The summed E-state index contributed by atoms with van der Waals surface area (Å²) < 4.78 is 0. The molecule has 1 heterocycles. The third kappa shape index (κ3) is 5.41. The topological polar surface area (TPSA) is 61.8 Å². The van der Waals surface area contributed by atoms with E-state index in [9.17, 15) is 9.59 Å². The number of hydrogen-bond donors (Lipinski definition) is 1. The van der Waals surface area contributed by atoms with E-state index in [0.29, 0.717) is 17.1 Å². The number of carbonyl (C=O) groups excluding carboxylic acids is 2. The standard InChI is InChI=1S/C32H33N3O2/c1-2-29(36)35-28(22-23-14-6-3-7-15-23)30(24-16-8-4-9-17-24)34-27-21-13-12-20-26(27)31(35)32(37)33-25-18-10-5-11-19-25/h3-4,6-9,12-17,20-22,25,31H,2,5,10-11,18-19H2,1H3,(H,33,37)/b28-22-. The normalized spacial score (nSPS) is 19.1. The van der Waals surface area contributed by atoms with E-state index in [-0.39, 0.29) is 24.3 Å². The van der Waals surface area contributed by atoms with Gasteiger partial charge in [0.1, 0.15) is 6.04 Å². The second-order valence-corrected chi connectivity index (χ2v) is 9.69. The van der Waals surface area contributed by atoms with Crippen LogP contribution in [0.5, 0.6) is 0 Å². The molecule has 5 heteroatoms. The van der Waals surface area contributed by atoms with Gasteiger partial charge in [0, 0.05) is 23.6 Å². The van der Waals surface area contributed by atoms with Crippen molar-refractivity contribution in [1.29, 1.82) is 0 Å². The molecule has 1 unspecified atom stereocenters. The molecule has 2 amide bonds. The molecule has 0 bridgehead atoms. The van der Waals surface area contributed by atoms with E-state index in [0.717, 1.165) is 42.4 Å². The Balaban J connectivity index is 1.71. The van der Waals surface area contributed by atoms with Crippen LogP contribution in [0.15, 0.2) is 95.6 Å². The maximum Gasteiger partial charge on any atom is 0.248 e. The number of allylic oxidation sites excluding steroid dienone is 1. The summed E-state index contributed by atoms with van der Waals surface area (Å²) in [5, 5.41) is 3.29. The van der Waals surface area contributed by atoms with Crippen LogP contribution >= 0.6 is 0 Å². The van der Waals surface area contributed by atoms with Crippen molar-refractivity contribution in [3.8, 4) is 0 Å². The molecule has 3 aromatic rings. The van der Waals surface area contributed by atoms with Crippen LogP contribution in [0.1, 0.15) is 68.2 Å². The summed E-state index contributed by atoms with van der Waals surface area (Å²) in [6, 6.07) is 26.8. The fourth-order valence-electron chi connectivity index (χ4n) is 5.28. The van der Waals surface area contributed by atoms with Gasteiger partial charge >= 0.3 is 0 Å². The van der Waals surface area contributed by atoms with E-state index < -0.39 is 6.04 Å². The molecule has 1 N–H and O–H groups in total. The summed E-state index contributed by atoms with van der Waals surface area (Å²) in [7, 11) is 0. The minimum absolute atomic E-state index is 0.119.